The van der Waals surface area contributed by atoms with E-state index in [1.54, 1.807) is 30.3 Å². The Bertz CT molecular complexity index is 585. The van der Waals surface area contributed by atoms with Gasteiger partial charge in [-0.05, 0) is 51.8 Å². The number of rotatable bonds is 1. The molecule has 0 amide bonds. The number of phenols is 1. The van der Waals surface area contributed by atoms with Gasteiger partial charge in [-0.1, -0.05) is 39.1 Å². The highest BCUT2D eigenvalue weighted by Gasteiger charge is 2.11. The monoisotopic (exact) mass is 394 g/mol. The van der Waals surface area contributed by atoms with Crippen molar-refractivity contribution in [3.8, 4) is 16.9 Å². The molecular weight excluding hydrogens is 391 g/mol. The van der Waals surface area contributed by atoms with Crippen LogP contribution in [0.25, 0.3) is 11.1 Å². The van der Waals surface area contributed by atoms with E-state index in [-0.39, 0.29) is 5.75 Å². The van der Waals surface area contributed by atoms with Gasteiger partial charge in [0.2, 0.25) is 0 Å². The Morgan fingerprint density at radius 1 is 0.882 bits per heavy atom. The van der Waals surface area contributed by atoms with Crippen LogP contribution in [-0.2, 0) is 0 Å². The maximum Gasteiger partial charge on any atom is 0.130 e. The molecule has 0 fully saturated rings. The number of phenolic OH excluding ortho intramolecular Hbond substituents is 1. The molecule has 1 nitrogen and oxygen atoms in total. The Kier molecular flexibility index (Phi) is 4.03. The maximum atomic E-state index is 9.56. The lowest BCUT2D eigenvalue weighted by Crippen LogP contribution is -1.83. The second-order valence-electron chi connectivity index (χ2n) is 3.41. The Morgan fingerprint density at radius 2 is 1.59 bits per heavy atom. The minimum atomic E-state index is 0.166. The molecule has 0 spiro atoms. The number of aromatic hydroxyl groups is 1. The molecule has 2 rings (SSSR count). The van der Waals surface area contributed by atoms with Gasteiger partial charge in [0.15, 0.2) is 0 Å². The molecule has 2 aromatic rings. The van der Waals surface area contributed by atoms with Crippen molar-refractivity contribution < 1.29 is 5.11 Å². The summed E-state index contributed by atoms with van der Waals surface area (Å²) in [4.78, 5) is 0. The third-order valence-electron chi connectivity index (χ3n) is 2.26. The standard InChI is InChI=1S/C12H6Br2Cl2O/c13-9-5-12(17)10(14)4-7(9)8-3-6(15)1-2-11(8)16/h1-5,17H. The number of hydrogen-bond donors (Lipinski definition) is 1. The van der Waals surface area contributed by atoms with E-state index in [0.29, 0.717) is 14.5 Å². The van der Waals surface area contributed by atoms with Crippen LogP contribution in [0.5, 0.6) is 5.75 Å². The summed E-state index contributed by atoms with van der Waals surface area (Å²) in [7, 11) is 0. The summed E-state index contributed by atoms with van der Waals surface area (Å²) < 4.78 is 1.36. The van der Waals surface area contributed by atoms with Crippen LogP contribution in [-0.4, -0.2) is 5.11 Å². The fraction of sp³-hybridized carbons (Fsp3) is 0. The van der Waals surface area contributed by atoms with Crippen molar-refractivity contribution in [2.45, 2.75) is 0 Å². The summed E-state index contributed by atoms with van der Waals surface area (Å²) in [6, 6.07) is 8.66. The first-order chi connectivity index (χ1) is 7.99. The Morgan fingerprint density at radius 3 is 2.29 bits per heavy atom. The van der Waals surface area contributed by atoms with Crippen molar-refractivity contribution in [3.05, 3.63) is 49.3 Å². The van der Waals surface area contributed by atoms with Crippen molar-refractivity contribution in [2.24, 2.45) is 0 Å². The lowest BCUT2D eigenvalue weighted by molar-refractivity contribution is 0.471. The molecule has 0 unspecified atom stereocenters. The van der Waals surface area contributed by atoms with Gasteiger partial charge in [-0.25, -0.2) is 0 Å². The van der Waals surface area contributed by atoms with Crippen molar-refractivity contribution in [3.63, 3.8) is 0 Å². The Labute approximate surface area is 126 Å². The van der Waals surface area contributed by atoms with Crippen molar-refractivity contribution >= 4 is 55.1 Å². The van der Waals surface area contributed by atoms with Gasteiger partial charge in [0, 0.05) is 20.1 Å². The summed E-state index contributed by atoms with van der Waals surface area (Å²) in [5.74, 6) is 0.166. The summed E-state index contributed by atoms with van der Waals surface area (Å²) in [6.45, 7) is 0. The van der Waals surface area contributed by atoms with Crippen LogP contribution in [0.2, 0.25) is 10.0 Å². The first-order valence-electron chi connectivity index (χ1n) is 4.62. The average Bonchev–Trinajstić information content (AvgIpc) is 2.27. The van der Waals surface area contributed by atoms with Crippen molar-refractivity contribution in [1.82, 2.24) is 0 Å². The second kappa shape index (κ2) is 5.19. The summed E-state index contributed by atoms with van der Waals surface area (Å²) in [6.07, 6.45) is 0. The average molecular weight is 397 g/mol. The highest BCUT2D eigenvalue weighted by Crippen LogP contribution is 2.39. The minimum absolute atomic E-state index is 0.166. The first kappa shape index (κ1) is 13.2. The van der Waals surface area contributed by atoms with Crippen LogP contribution in [0.15, 0.2) is 39.3 Å². The third-order valence-corrected chi connectivity index (χ3v) is 4.11. The molecule has 1 N–H and O–H groups in total. The largest absolute Gasteiger partial charge is 0.507 e. The van der Waals surface area contributed by atoms with Crippen LogP contribution in [0.1, 0.15) is 0 Å². The van der Waals surface area contributed by atoms with Crippen molar-refractivity contribution in [2.75, 3.05) is 0 Å². The summed E-state index contributed by atoms with van der Waals surface area (Å²) in [5.41, 5.74) is 1.67. The highest BCUT2D eigenvalue weighted by molar-refractivity contribution is 9.11. The van der Waals surface area contributed by atoms with Gasteiger partial charge in [0.25, 0.3) is 0 Å². The van der Waals surface area contributed by atoms with E-state index < -0.39 is 0 Å². The Balaban J connectivity index is 2.68. The molecule has 0 aliphatic carbocycles. The second-order valence-corrected chi connectivity index (χ2v) is 5.96. The Hall–Kier alpha value is -0.220. The minimum Gasteiger partial charge on any atom is -0.507 e. The van der Waals surface area contributed by atoms with E-state index in [0.717, 1.165) is 15.6 Å². The quantitative estimate of drug-likeness (QED) is 0.637. The molecule has 0 bridgehead atoms. The number of halogens is 4. The topological polar surface area (TPSA) is 20.2 Å². The summed E-state index contributed by atoms with van der Waals surface area (Å²) in [5, 5.41) is 10.8. The molecule has 0 aliphatic rings. The molecule has 0 saturated heterocycles. The SMILES string of the molecule is Oc1cc(Br)c(-c2cc(Cl)ccc2Cl)cc1Br. The molecule has 0 aromatic heterocycles. The lowest BCUT2D eigenvalue weighted by atomic mass is 10.1. The number of hydrogen-bond acceptors (Lipinski definition) is 1. The number of benzene rings is 2. The molecule has 88 valence electrons. The smallest absolute Gasteiger partial charge is 0.130 e. The van der Waals surface area contributed by atoms with Gasteiger partial charge < -0.3 is 5.11 Å². The van der Waals surface area contributed by atoms with Gasteiger partial charge in [-0.2, -0.15) is 0 Å². The molecular formula is C12H6Br2Cl2O. The van der Waals surface area contributed by atoms with E-state index in [2.05, 4.69) is 31.9 Å². The van der Waals surface area contributed by atoms with Gasteiger partial charge in [0.1, 0.15) is 5.75 Å². The van der Waals surface area contributed by atoms with Crippen LogP contribution in [0.3, 0.4) is 0 Å². The van der Waals surface area contributed by atoms with Crippen LogP contribution in [0.4, 0.5) is 0 Å². The maximum absolute atomic E-state index is 9.56. The fourth-order valence-corrected chi connectivity index (χ4v) is 2.73. The molecule has 0 radical (unpaired) electrons. The van der Waals surface area contributed by atoms with Crippen molar-refractivity contribution in [1.29, 1.82) is 0 Å². The first-order valence-corrected chi connectivity index (χ1v) is 6.96. The summed E-state index contributed by atoms with van der Waals surface area (Å²) >= 11 is 18.8. The zero-order chi connectivity index (χ0) is 12.6. The zero-order valence-corrected chi connectivity index (χ0v) is 13.0. The zero-order valence-electron chi connectivity index (χ0n) is 8.35. The van der Waals surface area contributed by atoms with Crippen LogP contribution in [0, 0.1) is 0 Å². The molecule has 0 aliphatic heterocycles. The van der Waals surface area contributed by atoms with E-state index in [1.807, 2.05) is 0 Å². The molecule has 0 saturated carbocycles. The predicted octanol–water partition coefficient (Wildman–Crippen LogP) is 5.89. The van der Waals surface area contributed by atoms with Crippen LogP contribution < -0.4 is 0 Å². The van der Waals surface area contributed by atoms with Gasteiger partial charge in [0.05, 0.1) is 4.47 Å². The predicted molar refractivity (Wildman–Crippen MR) is 79.0 cm³/mol. The van der Waals surface area contributed by atoms with E-state index in [4.69, 9.17) is 23.2 Å². The van der Waals surface area contributed by atoms with E-state index >= 15 is 0 Å². The fourth-order valence-electron chi connectivity index (χ4n) is 1.45. The molecule has 17 heavy (non-hydrogen) atoms. The van der Waals surface area contributed by atoms with Gasteiger partial charge >= 0.3 is 0 Å². The molecule has 0 heterocycles. The molecule has 2 aromatic carbocycles. The lowest BCUT2D eigenvalue weighted by Gasteiger charge is -2.09. The third kappa shape index (κ3) is 2.79. The molecule has 5 heteroatoms. The van der Waals surface area contributed by atoms with Gasteiger partial charge in [-0.3, -0.25) is 0 Å². The van der Waals surface area contributed by atoms with E-state index in [1.165, 1.54) is 0 Å². The van der Waals surface area contributed by atoms with Gasteiger partial charge in [-0.15, -0.1) is 0 Å². The highest BCUT2D eigenvalue weighted by atomic mass is 79.9. The normalized spacial score (nSPS) is 10.6. The molecule has 0 atom stereocenters. The van der Waals surface area contributed by atoms with E-state index in [9.17, 15) is 5.11 Å². The van der Waals surface area contributed by atoms with Crippen LogP contribution >= 0.6 is 55.1 Å².